The number of nitrogens with zero attached hydrogens (tertiary/aromatic N) is 3. The second kappa shape index (κ2) is 4.84. The van der Waals surface area contributed by atoms with Crippen LogP contribution in [-0.4, -0.2) is 14.8 Å². The van der Waals surface area contributed by atoms with E-state index in [-0.39, 0.29) is 10.9 Å². The van der Waals surface area contributed by atoms with Gasteiger partial charge in [0.15, 0.2) is 0 Å². The third-order valence-electron chi connectivity index (χ3n) is 1.94. The van der Waals surface area contributed by atoms with E-state index < -0.39 is 0 Å². The fourth-order valence-corrected chi connectivity index (χ4v) is 1.56. The maximum absolute atomic E-state index is 10.5. The first kappa shape index (κ1) is 10.7. The van der Waals surface area contributed by atoms with Gasteiger partial charge in [-0.05, 0) is 35.3 Å². The van der Waals surface area contributed by atoms with E-state index in [9.17, 15) is 5.21 Å². The molecule has 0 aliphatic heterocycles. The van der Waals surface area contributed by atoms with Crippen LogP contribution in [0.5, 0.6) is 0 Å². The molecule has 1 heterocycles. The molecule has 2 rings (SSSR count). The van der Waals surface area contributed by atoms with Crippen molar-refractivity contribution in [3.63, 3.8) is 0 Å². The van der Waals surface area contributed by atoms with Crippen molar-refractivity contribution in [3.8, 4) is 0 Å². The third kappa shape index (κ3) is 2.63. The summed E-state index contributed by atoms with van der Waals surface area (Å²) in [4.78, 5) is 0. The molecule has 1 aromatic heterocycles. The highest BCUT2D eigenvalue weighted by molar-refractivity contribution is 7.03. The molecule has 6 heteroatoms. The van der Waals surface area contributed by atoms with E-state index in [1.165, 1.54) is 23.7 Å². The zero-order valence-corrected chi connectivity index (χ0v) is 8.96. The summed E-state index contributed by atoms with van der Waals surface area (Å²) in [6, 6.07) is 6.53. The number of anilines is 1. The molecule has 82 valence electrons. The second-order valence-electron chi connectivity index (χ2n) is 3.03. The van der Waals surface area contributed by atoms with E-state index in [2.05, 4.69) is 9.59 Å². The van der Waals surface area contributed by atoms with Gasteiger partial charge in [0.1, 0.15) is 0 Å². The molecule has 2 aromatic rings. The lowest BCUT2D eigenvalue weighted by atomic mass is 10.2. The first-order valence-electron chi connectivity index (χ1n) is 4.47. The first-order chi connectivity index (χ1) is 7.75. The monoisotopic (exact) mass is 234 g/mol. The molecule has 5 nitrogen and oxygen atoms in total. The Balaban J connectivity index is 2.11. The van der Waals surface area contributed by atoms with E-state index >= 15 is 0 Å². The Labute approximate surface area is 96.0 Å². The molecule has 0 saturated carbocycles. The maximum Gasteiger partial charge on any atom is 0.0982 e. The summed E-state index contributed by atoms with van der Waals surface area (Å²) in [6.07, 6.45) is 3.68. The second-order valence-corrected chi connectivity index (χ2v) is 3.64. The summed E-state index contributed by atoms with van der Waals surface area (Å²) in [5, 5.41) is 24.7. The van der Waals surface area contributed by atoms with Gasteiger partial charge in [0.2, 0.25) is 0 Å². The van der Waals surface area contributed by atoms with E-state index in [0.717, 1.165) is 11.3 Å². The van der Waals surface area contributed by atoms with Crippen molar-refractivity contribution < 1.29 is 5.21 Å². The van der Waals surface area contributed by atoms with Gasteiger partial charge >= 0.3 is 0 Å². The molecule has 0 saturated heterocycles. The molecule has 0 radical (unpaired) electrons. The molecular formula is C10H8N3O2S-. The van der Waals surface area contributed by atoms with Gasteiger partial charge in [-0.3, -0.25) is 5.21 Å². The smallest absolute Gasteiger partial charge is 0.0982 e. The van der Waals surface area contributed by atoms with Gasteiger partial charge < -0.3 is 10.4 Å². The van der Waals surface area contributed by atoms with Crippen LogP contribution in [0.2, 0.25) is 0 Å². The summed E-state index contributed by atoms with van der Waals surface area (Å²) in [6.45, 7) is 0. The highest BCUT2D eigenvalue weighted by Crippen LogP contribution is 2.14. The summed E-state index contributed by atoms with van der Waals surface area (Å²) in [5.41, 5.74) is 1.91. The molecule has 0 atom stereocenters. The summed E-state index contributed by atoms with van der Waals surface area (Å²) in [7, 11) is 0. The molecule has 0 spiro atoms. The van der Waals surface area contributed by atoms with Crippen molar-refractivity contribution in [2.24, 2.45) is 0 Å². The average Bonchev–Trinajstić information content (AvgIpc) is 2.80. The lowest BCUT2D eigenvalue weighted by Gasteiger charge is -2.21. The predicted octanol–water partition coefficient (Wildman–Crippen LogP) is 2.40. The Hall–Kier alpha value is -1.76. The molecule has 16 heavy (non-hydrogen) atoms. The Kier molecular flexibility index (Phi) is 3.25. The van der Waals surface area contributed by atoms with Crippen LogP contribution in [0.4, 0.5) is 5.69 Å². The largest absolute Gasteiger partial charge is 0.733 e. The predicted molar refractivity (Wildman–Crippen MR) is 62.9 cm³/mol. The Morgan fingerprint density at radius 2 is 2.00 bits per heavy atom. The maximum atomic E-state index is 10.5. The summed E-state index contributed by atoms with van der Waals surface area (Å²) < 4.78 is 3.73. The van der Waals surface area contributed by atoms with Gasteiger partial charge in [-0.1, -0.05) is 22.7 Å². The number of hydrogen-bond acceptors (Lipinski definition) is 6. The highest BCUT2D eigenvalue weighted by Gasteiger charge is 1.93. The van der Waals surface area contributed by atoms with Gasteiger partial charge in [-0.25, -0.2) is 0 Å². The number of rotatable bonds is 3. The SMILES string of the molecule is [O-]N(O)c1ccc(/C=C/c2csnn2)cc1. The molecule has 0 unspecified atom stereocenters. The number of aromatic nitrogens is 2. The number of benzene rings is 1. The Morgan fingerprint density at radius 3 is 2.56 bits per heavy atom. The fourth-order valence-electron chi connectivity index (χ4n) is 1.14. The molecule has 0 fully saturated rings. The van der Waals surface area contributed by atoms with Crippen LogP contribution < -0.4 is 5.23 Å². The van der Waals surface area contributed by atoms with Crippen molar-refractivity contribution >= 4 is 29.4 Å². The van der Waals surface area contributed by atoms with Crippen LogP contribution >= 0.6 is 11.5 Å². The normalized spacial score (nSPS) is 10.9. The lowest BCUT2D eigenvalue weighted by Crippen LogP contribution is -2.06. The van der Waals surface area contributed by atoms with Crippen molar-refractivity contribution in [3.05, 3.63) is 46.1 Å². The third-order valence-corrected chi connectivity index (χ3v) is 2.46. The first-order valence-corrected chi connectivity index (χ1v) is 5.31. The minimum absolute atomic E-state index is 0.169. The topological polar surface area (TPSA) is 72.3 Å². The fraction of sp³-hybridized carbons (Fsp3) is 0. The standard InChI is InChI=1S/C10H8N3O2S/c14-13(15)10-5-2-8(3-6-10)1-4-9-7-16-12-11-9/h1-7,14H/q-1/b4-1+. The van der Waals surface area contributed by atoms with Crippen LogP contribution in [0, 0.1) is 5.21 Å². The van der Waals surface area contributed by atoms with Crippen LogP contribution in [0.15, 0.2) is 29.6 Å². The van der Waals surface area contributed by atoms with Gasteiger partial charge in [-0.2, -0.15) is 0 Å². The minimum atomic E-state index is -0.169. The molecule has 0 bridgehead atoms. The van der Waals surface area contributed by atoms with E-state index in [1.807, 2.05) is 17.5 Å². The number of hydrogen-bond donors (Lipinski definition) is 1. The molecule has 1 N–H and O–H groups in total. The minimum Gasteiger partial charge on any atom is -0.733 e. The van der Waals surface area contributed by atoms with Crippen LogP contribution in [0.1, 0.15) is 11.3 Å². The van der Waals surface area contributed by atoms with E-state index in [1.54, 1.807) is 12.1 Å². The highest BCUT2D eigenvalue weighted by atomic mass is 32.1. The Morgan fingerprint density at radius 1 is 1.25 bits per heavy atom. The zero-order valence-electron chi connectivity index (χ0n) is 8.15. The molecule has 0 amide bonds. The van der Waals surface area contributed by atoms with Crippen molar-refractivity contribution in [1.82, 2.24) is 9.59 Å². The molecular weight excluding hydrogens is 226 g/mol. The lowest BCUT2D eigenvalue weighted by molar-refractivity contribution is 0.296. The summed E-state index contributed by atoms with van der Waals surface area (Å²) >= 11 is 1.29. The van der Waals surface area contributed by atoms with Crippen LogP contribution in [0.3, 0.4) is 0 Å². The van der Waals surface area contributed by atoms with Gasteiger partial charge in [0.25, 0.3) is 0 Å². The molecule has 0 aliphatic carbocycles. The molecule has 0 aliphatic rings. The van der Waals surface area contributed by atoms with Crippen molar-refractivity contribution in [2.45, 2.75) is 0 Å². The van der Waals surface area contributed by atoms with Crippen LogP contribution in [-0.2, 0) is 0 Å². The van der Waals surface area contributed by atoms with Crippen molar-refractivity contribution in [2.75, 3.05) is 5.23 Å². The zero-order chi connectivity index (χ0) is 11.4. The summed E-state index contributed by atoms with van der Waals surface area (Å²) in [5.74, 6) is 0. The van der Waals surface area contributed by atoms with Gasteiger partial charge in [-0.15, -0.1) is 5.10 Å². The quantitative estimate of drug-likeness (QED) is 0.825. The molecule has 1 aromatic carbocycles. The van der Waals surface area contributed by atoms with Gasteiger partial charge in [0.05, 0.1) is 11.4 Å². The van der Waals surface area contributed by atoms with E-state index in [0.29, 0.717) is 0 Å². The van der Waals surface area contributed by atoms with Gasteiger partial charge in [0, 0.05) is 5.38 Å². The average molecular weight is 234 g/mol. The van der Waals surface area contributed by atoms with Crippen molar-refractivity contribution in [1.29, 1.82) is 0 Å². The van der Waals surface area contributed by atoms with Crippen LogP contribution in [0.25, 0.3) is 12.2 Å². The Bertz CT molecular complexity index is 465. The van der Waals surface area contributed by atoms with E-state index in [4.69, 9.17) is 5.21 Å².